The summed E-state index contributed by atoms with van der Waals surface area (Å²) in [6, 6.07) is 11.8. The molecule has 1 unspecified atom stereocenters. The van der Waals surface area contributed by atoms with Crippen LogP contribution in [0, 0.1) is 6.92 Å². The van der Waals surface area contributed by atoms with Crippen LogP contribution in [0.25, 0.3) is 0 Å². The summed E-state index contributed by atoms with van der Waals surface area (Å²) in [5, 5.41) is 5.66. The van der Waals surface area contributed by atoms with Gasteiger partial charge in [0.2, 0.25) is 11.8 Å². The van der Waals surface area contributed by atoms with Crippen molar-refractivity contribution in [1.29, 1.82) is 0 Å². The Labute approximate surface area is 173 Å². The minimum absolute atomic E-state index is 0.0296. The molecule has 0 spiro atoms. The van der Waals surface area contributed by atoms with Crippen molar-refractivity contribution in [2.24, 2.45) is 0 Å². The number of carbonyl (C=O) groups is 3. The van der Waals surface area contributed by atoms with Crippen molar-refractivity contribution in [3.8, 4) is 0 Å². The Balaban J connectivity index is 1.91. The molecule has 2 aromatic rings. The van der Waals surface area contributed by atoms with Crippen molar-refractivity contribution in [2.75, 3.05) is 24.2 Å². The number of halogens is 1. The molecule has 0 aliphatic carbocycles. The van der Waals surface area contributed by atoms with Crippen LogP contribution >= 0.6 is 15.9 Å². The van der Waals surface area contributed by atoms with Crippen molar-refractivity contribution in [1.82, 2.24) is 4.90 Å². The standard InChI is InChI=1S/C21H24BrN3O3/c1-13-11-17(22)7-10-19(13)24-20(27)12-25(4)14(2)21(28)23-18-8-5-16(6-9-18)15(3)26/h5-11,14H,12H2,1-4H3,(H,23,28)(H,24,27). The molecule has 0 radical (unpaired) electrons. The minimum Gasteiger partial charge on any atom is -0.325 e. The molecule has 0 saturated carbocycles. The van der Waals surface area contributed by atoms with E-state index in [0.29, 0.717) is 11.3 Å². The highest BCUT2D eigenvalue weighted by molar-refractivity contribution is 9.10. The Morgan fingerprint density at radius 1 is 1.07 bits per heavy atom. The zero-order valence-corrected chi connectivity index (χ0v) is 18.0. The molecule has 0 bridgehead atoms. The van der Waals surface area contributed by atoms with Crippen molar-refractivity contribution < 1.29 is 14.4 Å². The smallest absolute Gasteiger partial charge is 0.241 e. The summed E-state index contributed by atoms with van der Waals surface area (Å²) in [7, 11) is 1.72. The summed E-state index contributed by atoms with van der Waals surface area (Å²) in [5.74, 6) is -0.456. The average molecular weight is 446 g/mol. The topological polar surface area (TPSA) is 78.5 Å². The zero-order chi connectivity index (χ0) is 20.8. The number of aryl methyl sites for hydroxylation is 1. The van der Waals surface area contributed by atoms with Gasteiger partial charge >= 0.3 is 0 Å². The van der Waals surface area contributed by atoms with E-state index < -0.39 is 6.04 Å². The molecule has 0 saturated heterocycles. The number of anilines is 2. The lowest BCUT2D eigenvalue weighted by Crippen LogP contribution is -2.43. The Hall–Kier alpha value is -2.51. The highest BCUT2D eigenvalue weighted by Crippen LogP contribution is 2.20. The minimum atomic E-state index is -0.510. The lowest BCUT2D eigenvalue weighted by atomic mass is 10.1. The fraction of sp³-hybridized carbons (Fsp3) is 0.286. The van der Waals surface area contributed by atoms with Crippen LogP contribution in [0.15, 0.2) is 46.9 Å². The lowest BCUT2D eigenvalue weighted by molar-refractivity contribution is -0.122. The molecule has 2 aromatic carbocycles. The SMILES string of the molecule is CC(=O)c1ccc(NC(=O)C(C)N(C)CC(=O)Nc2ccc(Br)cc2C)cc1. The number of nitrogens with zero attached hydrogens (tertiary/aromatic N) is 1. The van der Waals surface area contributed by atoms with Gasteiger partial charge in [-0.05, 0) is 75.8 Å². The molecule has 2 amide bonds. The molecule has 0 aliphatic rings. The molecular formula is C21H24BrN3O3. The molecule has 148 valence electrons. The summed E-state index contributed by atoms with van der Waals surface area (Å²) >= 11 is 3.39. The van der Waals surface area contributed by atoms with Crippen molar-refractivity contribution >= 4 is 44.9 Å². The van der Waals surface area contributed by atoms with E-state index in [1.165, 1.54) is 6.92 Å². The molecule has 0 aromatic heterocycles. The van der Waals surface area contributed by atoms with Crippen molar-refractivity contribution in [3.05, 3.63) is 58.1 Å². The van der Waals surface area contributed by atoms with Crippen LogP contribution in [0.2, 0.25) is 0 Å². The summed E-state index contributed by atoms with van der Waals surface area (Å²) in [6.45, 7) is 5.22. The van der Waals surface area contributed by atoms with Gasteiger partial charge in [-0.2, -0.15) is 0 Å². The normalized spacial score (nSPS) is 11.8. The quantitative estimate of drug-likeness (QED) is 0.634. The van der Waals surface area contributed by atoms with Crippen LogP contribution < -0.4 is 10.6 Å². The van der Waals surface area contributed by atoms with Crippen LogP contribution in [0.4, 0.5) is 11.4 Å². The van der Waals surface area contributed by atoms with E-state index in [2.05, 4.69) is 26.6 Å². The van der Waals surface area contributed by atoms with Gasteiger partial charge in [0.25, 0.3) is 0 Å². The fourth-order valence-electron chi connectivity index (χ4n) is 2.56. The Morgan fingerprint density at radius 2 is 1.71 bits per heavy atom. The van der Waals surface area contributed by atoms with Gasteiger partial charge in [0.15, 0.2) is 5.78 Å². The van der Waals surface area contributed by atoms with Gasteiger partial charge in [-0.1, -0.05) is 15.9 Å². The van der Waals surface area contributed by atoms with Gasteiger partial charge in [0.1, 0.15) is 0 Å². The highest BCUT2D eigenvalue weighted by atomic mass is 79.9. The van der Waals surface area contributed by atoms with E-state index in [0.717, 1.165) is 15.7 Å². The number of carbonyl (C=O) groups excluding carboxylic acids is 3. The number of rotatable bonds is 7. The lowest BCUT2D eigenvalue weighted by Gasteiger charge is -2.23. The maximum absolute atomic E-state index is 12.4. The number of hydrogen-bond donors (Lipinski definition) is 2. The monoisotopic (exact) mass is 445 g/mol. The van der Waals surface area contributed by atoms with E-state index in [-0.39, 0.29) is 24.1 Å². The second kappa shape index (κ2) is 9.61. The number of ketones is 1. The van der Waals surface area contributed by atoms with E-state index in [1.807, 2.05) is 25.1 Å². The number of benzene rings is 2. The first kappa shape index (κ1) is 21.8. The molecule has 1 atom stereocenters. The molecule has 0 fully saturated rings. The summed E-state index contributed by atoms with van der Waals surface area (Å²) in [6.07, 6.45) is 0. The van der Waals surface area contributed by atoms with Crippen LogP contribution in [0.5, 0.6) is 0 Å². The van der Waals surface area contributed by atoms with Crippen LogP contribution in [-0.2, 0) is 9.59 Å². The second-order valence-corrected chi connectivity index (χ2v) is 7.64. The van der Waals surface area contributed by atoms with Gasteiger partial charge in [0, 0.05) is 21.4 Å². The molecular weight excluding hydrogens is 422 g/mol. The Bertz CT molecular complexity index is 881. The summed E-state index contributed by atoms with van der Waals surface area (Å²) in [5.41, 5.74) is 2.88. The van der Waals surface area contributed by atoms with Crippen LogP contribution in [0.3, 0.4) is 0 Å². The molecule has 0 aliphatic heterocycles. The average Bonchev–Trinajstić information content (AvgIpc) is 2.63. The zero-order valence-electron chi connectivity index (χ0n) is 16.4. The first-order valence-electron chi connectivity index (χ1n) is 8.85. The Morgan fingerprint density at radius 3 is 2.29 bits per heavy atom. The first-order chi connectivity index (χ1) is 13.2. The fourth-order valence-corrected chi connectivity index (χ4v) is 3.03. The molecule has 7 heteroatoms. The Kier molecular flexibility index (Phi) is 7.48. The second-order valence-electron chi connectivity index (χ2n) is 6.72. The molecule has 2 rings (SSSR count). The number of hydrogen-bond acceptors (Lipinski definition) is 4. The number of likely N-dealkylation sites (N-methyl/N-ethyl adjacent to an activating group) is 1. The highest BCUT2D eigenvalue weighted by Gasteiger charge is 2.20. The third-order valence-electron chi connectivity index (χ3n) is 4.46. The van der Waals surface area contributed by atoms with Gasteiger partial charge in [-0.25, -0.2) is 0 Å². The van der Waals surface area contributed by atoms with Crippen molar-refractivity contribution in [3.63, 3.8) is 0 Å². The van der Waals surface area contributed by atoms with Crippen molar-refractivity contribution in [2.45, 2.75) is 26.8 Å². The predicted molar refractivity (Wildman–Crippen MR) is 115 cm³/mol. The maximum atomic E-state index is 12.4. The first-order valence-corrected chi connectivity index (χ1v) is 9.64. The molecule has 6 nitrogen and oxygen atoms in total. The molecule has 28 heavy (non-hydrogen) atoms. The molecule has 2 N–H and O–H groups in total. The predicted octanol–water partition coefficient (Wildman–Crippen LogP) is 3.86. The van der Waals surface area contributed by atoms with E-state index in [9.17, 15) is 14.4 Å². The number of Topliss-reactive ketones (excluding diaryl/α,β-unsaturated/α-hetero) is 1. The van der Waals surface area contributed by atoms with E-state index in [1.54, 1.807) is 43.1 Å². The van der Waals surface area contributed by atoms with Gasteiger partial charge in [-0.15, -0.1) is 0 Å². The van der Waals surface area contributed by atoms with Gasteiger partial charge in [0.05, 0.1) is 12.6 Å². The van der Waals surface area contributed by atoms with Crippen LogP contribution in [0.1, 0.15) is 29.8 Å². The largest absolute Gasteiger partial charge is 0.325 e. The number of nitrogens with one attached hydrogen (secondary N) is 2. The summed E-state index contributed by atoms with van der Waals surface area (Å²) in [4.78, 5) is 37.7. The third kappa shape index (κ3) is 6.00. The van der Waals surface area contributed by atoms with Gasteiger partial charge < -0.3 is 10.6 Å². The number of amides is 2. The summed E-state index contributed by atoms with van der Waals surface area (Å²) < 4.78 is 0.946. The van der Waals surface area contributed by atoms with E-state index >= 15 is 0 Å². The van der Waals surface area contributed by atoms with Crippen LogP contribution in [-0.4, -0.2) is 42.1 Å². The molecule has 0 heterocycles. The van der Waals surface area contributed by atoms with E-state index in [4.69, 9.17) is 0 Å². The third-order valence-corrected chi connectivity index (χ3v) is 4.95. The van der Waals surface area contributed by atoms with Gasteiger partial charge in [-0.3, -0.25) is 19.3 Å². The maximum Gasteiger partial charge on any atom is 0.241 e.